The van der Waals surface area contributed by atoms with E-state index in [1.165, 1.54) is 6.92 Å². The Morgan fingerprint density at radius 1 is 1.33 bits per heavy atom. The molecule has 0 aliphatic carbocycles. The zero-order chi connectivity index (χ0) is 14.1. The average molecular weight is 259 g/mol. The SMILES string of the molecule is CCOC(=O)C=C(C)N[C@@H](CCC(=O)O)C(=O)O. The summed E-state index contributed by atoms with van der Waals surface area (Å²) in [5, 5.41) is 19.9. The number of carbonyl (C=O) groups excluding carboxylic acids is 1. The van der Waals surface area contributed by atoms with E-state index >= 15 is 0 Å². The van der Waals surface area contributed by atoms with Crippen LogP contribution in [0.3, 0.4) is 0 Å². The number of hydrogen-bond acceptors (Lipinski definition) is 5. The number of ether oxygens (including phenoxy) is 1. The van der Waals surface area contributed by atoms with Gasteiger partial charge in [-0.2, -0.15) is 0 Å². The van der Waals surface area contributed by atoms with Crippen molar-refractivity contribution in [2.75, 3.05) is 6.61 Å². The molecule has 0 aliphatic heterocycles. The number of rotatable bonds is 8. The molecular formula is C11H17NO6. The molecule has 0 bridgehead atoms. The highest BCUT2D eigenvalue weighted by atomic mass is 16.5. The van der Waals surface area contributed by atoms with Crippen LogP contribution in [0.5, 0.6) is 0 Å². The molecule has 18 heavy (non-hydrogen) atoms. The van der Waals surface area contributed by atoms with Gasteiger partial charge in [-0.25, -0.2) is 9.59 Å². The number of hydrogen-bond donors (Lipinski definition) is 3. The maximum absolute atomic E-state index is 11.1. The summed E-state index contributed by atoms with van der Waals surface area (Å²) in [5.41, 5.74) is 0.311. The van der Waals surface area contributed by atoms with Crippen molar-refractivity contribution in [3.63, 3.8) is 0 Å². The smallest absolute Gasteiger partial charge is 0.332 e. The van der Waals surface area contributed by atoms with Crippen LogP contribution in [-0.4, -0.2) is 40.8 Å². The van der Waals surface area contributed by atoms with Gasteiger partial charge in [0.05, 0.1) is 6.61 Å². The van der Waals surface area contributed by atoms with Crippen LogP contribution in [-0.2, 0) is 19.1 Å². The molecule has 0 rings (SSSR count). The fourth-order valence-electron chi connectivity index (χ4n) is 1.20. The Hall–Kier alpha value is -2.05. The fraction of sp³-hybridized carbons (Fsp3) is 0.545. The lowest BCUT2D eigenvalue weighted by Gasteiger charge is -2.14. The Balaban J connectivity index is 4.44. The molecule has 0 heterocycles. The van der Waals surface area contributed by atoms with E-state index < -0.39 is 23.9 Å². The molecule has 0 aromatic carbocycles. The normalized spacial score (nSPS) is 12.7. The molecule has 102 valence electrons. The Labute approximate surface area is 104 Å². The summed E-state index contributed by atoms with van der Waals surface area (Å²) >= 11 is 0. The van der Waals surface area contributed by atoms with Gasteiger partial charge in [-0.05, 0) is 20.3 Å². The van der Waals surface area contributed by atoms with E-state index in [1.807, 2.05) is 0 Å². The van der Waals surface area contributed by atoms with Crippen LogP contribution in [0.1, 0.15) is 26.7 Å². The number of carbonyl (C=O) groups is 3. The molecule has 1 atom stereocenters. The molecule has 3 N–H and O–H groups in total. The maximum atomic E-state index is 11.1. The van der Waals surface area contributed by atoms with Crippen LogP contribution < -0.4 is 5.32 Å². The lowest BCUT2D eigenvalue weighted by atomic mass is 10.1. The molecule has 0 unspecified atom stereocenters. The van der Waals surface area contributed by atoms with Crippen LogP contribution in [0.4, 0.5) is 0 Å². The topological polar surface area (TPSA) is 113 Å². The van der Waals surface area contributed by atoms with Crippen LogP contribution in [0.25, 0.3) is 0 Å². The monoisotopic (exact) mass is 259 g/mol. The summed E-state index contributed by atoms with van der Waals surface area (Å²) < 4.78 is 4.66. The molecule has 0 aromatic heterocycles. The third-order valence-corrected chi connectivity index (χ3v) is 1.97. The second-order valence-electron chi connectivity index (χ2n) is 3.55. The lowest BCUT2D eigenvalue weighted by Crippen LogP contribution is -2.36. The third kappa shape index (κ3) is 7.26. The molecule has 0 radical (unpaired) electrons. The zero-order valence-corrected chi connectivity index (χ0v) is 10.3. The van der Waals surface area contributed by atoms with Crippen molar-refractivity contribution in [2.24, 2.45) is 0 Å². The van der Waals surface area contributed by atoms with Gasteiger partial charge in [0.1, 0.15) is 6.04 Å². The first-order valence-electron chi connectivity index (χ1n) is 5.43. The van der Waals surface area contributed by atoms with Crippen molar-refractivity contribution >= 4 is 17.9 Å². The average Bonchev–Trinajstić information content (AvgIpc) is 2.23. The van der Waals surface area contributed by atoms with Crippen molar-refractivity contribution in [3.8, 4) is 0 Å². The standard InChI is InChI=1S/C11H17NO6/c1-3-18-10(15)6-7(2)12-8(11(16)17)4-5-9(13)14/h6,8,12H,3-5H2,1-2H3,(H,13,14)(H,16,17)/t8-/m0/s1. The molecule has 0 aromatic rings. The molecule has 0 fully saturated rings. The molecule has 7 nitrogen and oxygen atoms in total. The highest BCUT2D eigenvalue weighted by molar-refractivity contribution is 5.83. The molecule has 7 heteroatoms. The maximum Gasteiger partial charge on any atom is 0.332 e. The van der Waals surface area contributed by atoms with E-state index in [4.69, 9.17) is 10.2 Å². The summed E-state index contributed by atoms with van der Waals surface area (Å²) in [5.74, 6) is -2.83. The molecule has 0 saturated carbocycles. The molecule has 0 saturated heterocycles. The second-order valence-corrected chi connectivity index (χ2v) is 3.55. The predicted octanol–water partition coefficient (Wildman–Crippen LogP) is 0.361. The predicted molar refractivity (Wildman–Crippen MR) is 61.8 cm³/mol. The molecular weight excluding hydrogens is 242 g/mol. The lowest BCUT2D eigenvalue weighted by molar-refractivity contribution is -0.141. The Morgan fingerprint density at radius 3 is 2.39 bits per heavy atom. The second kappa shape index (κ2) is 8.10. The summed E-state index contributed by atoms with van der Waals surface area (Å²) in [6, 6.07) is -1.05. The van der Waals surface area contributed by atoms with Crippen LogP contribution in [0.15, 0.2) is 11.8 Å². The molecule has 0 amide bonds. The van der Waals surface area contributed by atoms with Gasteiger partial charge in [-0.1, -0.05) is 0 Å². The van der Waals surface area contributed by atoms with Gasteiger partial charge >= 0.3 is 17.9 Å². The molecule has 0 spiro atoms. The van der Waals surface area contributed by atoms with E-state index in [-0.39, 0.29) is 19.4 Å². The zero-order valence-electron chi connectivity index (χ0n) is 10.3. The van der Waals surface area contributed by atoms with Crippen LogP contribution >= 0.6 is 0 Å². The van der Waals surface area contributed by atoms with Crippen molar-refractivity contribution in [1.29, 1.82) is 0 Å². The van der Waals surface area contributed by atoms with Gasteiger partial charge in [-0.3, -0.25) is 4.79 Å². The van der Waals surface area contributed by atoms with E-state index in [1.54, 1.807) is 6.92 Å². The summed E-state index contributed by atoms with van der Waals surface area (Å²) in [6.45, 7) is 3.39. The van der Waals surface area contributed by atoms with Crippen molar-refractivity contribution in [3.05, 3.63) is 11.8 Å². The van der Waals surface area contributed by atoms with E-state index in [0.29, 0.717) is 5.70 Å². The first-order valence-corrected chi connectivity index (χ1v) is 5.43. The van der Waals surface area contributed by atoms with Crippen LogP contribution in [0.2, 0.25) is 0 Å². The Kier molecular flexibility index (Phi) is 7.18. The number of aliphatic carboxylic acids is 2. The van der Waals surface area contributed by atoms with Gasteiger partial charge in [0, 0.05) is 18.2 Å². The minimum absolute atomic E-state index is 0.0708. The van der Waals surface area contributed by atoms with Gasteiger partial charge in [-0.15, -0.1) is 0 Å². The number of carboxylic acid groups (broad SMARTS) is 2. The van der Waals surface area contributed by atoms with Gasteiger partial charge in [0.15, 0.2) is 0 Å². The van der Waals surface area contributed by atoms with Gasteiger partial charge < -0.3 is 20.3 Å². The number of carboxylic acids is 2. The van der Waals surface area contributed by atoms with E-state index in [9.17, 15) is 14.4 Å². The van der Waals surface area contributed by atoms with Gasteiger partial charge in [0.25, 0.3) is 0 Å². The third-order valence-electron chi connectivity index (χ3n) is 1.97. The molecule has 0 aliphatic rings. The fourth-order valence-corrected chi connectivity index (χ4v) is 1.20. The Morgan fingerprint density at radius 2 is 1.94 bits per heavy atom. The van der Waals surface area contributed by atoms with Crippen molar-refractivity contribution in [2.45, 2.75) is 32.7 Å². The minimum Gasteiger partial charge on any atom is -0.481 e. The van der Waals surface area contributed by atoms with E-state index in [2.05, 4.69) is 10.1 Å². The number of nitrogens with one attached hydrogen (secondary N) is 1. The van der Waals surface area contributed by atoms with E-state index in [0.717, 1.165) is 6.08 Å². The highest BCUT2D eigenvalue weighted by Crippen LogP contribution is 2.01. The minimum atomic E-state index is -1.17. The van der Waals surface area contributed by atoms with Crippen molar-refractivity contribution in [1.82, 2.24) is 5.32 Å². The highest BCUT2D eigenvalue weighted by Gasteiger charge is 2.18. The largest absolute Gasteiger partial charge is 0.481 e. The summed E-state index contributed by atoms with van der Waals surface area (Å²) in [4.78, 5) is 32.3. The summed E-state index contributed by atoms with van der Waals surface area (Å²) in [7, 11) is 0. The first kappa shape index (κ1) is 16.0. The quantitative estimate of drug-likeness (QED) is 0.426. The number of esters is 1. The Bertz CT molecular complexity index is 349. The van der Waals surface area contributed by atoms with Gasteiger partial charge in [0.2, 0.25) is 0 Å². The first-order chi connectivity index (χ1) is 8.36. The van der Waals surface area contributed by atoms with Crippen LogP contribution in [0, 0.1) is 0 Å². The number of allylic oxidation sites excluding steroid dienone is 1. The van der Waals surface area contributed by atoms with Crippen molar-refractivity contribution < 1.29 is 29.3 Å². The summed E-state index contributed by atoms with van der Waals surface area (Å²) in [6.07, 6.45) is 0.787.